The summed E-state index contributed by atoms with van der Waals surface area (Å²) >= 11 is 0. The average molecular weight is 177 g/mol. The van der Waals surface area contributed by atoms with Crippen molar-refractivity contribution in [2.75, 3.05) is 26.0 Å². The third kappa shape index (κ3) is 2.89. The van der Waals surface area contributed by atoms with Gasteiger partial charge in [-0.25, -0.2) is 0 Å². The molecule has 1 aliphatic heterocycles. The van der Waals surface area contributed by atoms with E-state index >= 15 is 0 Å². The van der Waals surface area contributed by atoms with Gasteiger partial charge < -0.3 is 10.1 Å². The predicted octanol–water partition coefficient (Wildman–Crippen LogP) is -0.258. The molecule has 0 saturated carbocycles. The van der Waals surface area contributed by atoms with Crippen molar-refractivity contribution in [3.63, 3.8) is 0 Å². The van der Waals surface area contributed by atoms with E-state index in [-0.39, 0.29) is 5.25 Å². The minimum absolute atomic E-state index is 0.246. The first-order valence-electron chi connectivity index (χ1n) is 3.83. The van der Waals surface area contributed by atoms with Gasteiger partial charge in [0.2, 0.25) is 0 Å². The topological polar surface area (TPSA) is 38.3 Å². The second kappa shape index (κ2) is 4.18. The maximum Gasteiger partial charge on any atom is 0.0643 e. The number of hydrogen-bond acceptors (Lipinski definition) is 3. The summed E-state index contributed by atoms with van der Waals surface area (Å²) in [6.07, 6.45) is 1.74. The van der Waals surface area contributed by atoms with Crippen LogP contribution in [0.2, 0.25) is 0 Å². The van der Waals surface area contributed by atoms with E-state index in [9.17, 15) is 4.21 Å². The molecule has 0 amide bonds. The highest BCUT2D eigenvalue weighted by Gasteiger charge is 2.18. The van der Waals surface area contributed by atoms with Crippen molar-refractivity contribution in [3.05, 3.63) is 0 Å². The largest absolute Gasteiger partial charge is 0.378 e. The Labute approximate surface area is 70.0 Å². The lowest BCUT2D eigenvalue weighted by atomic mass is 10.2. The molecular weight excluding hydrogens is 162 g/mol. The van der Waals surface area contributed by atoms with E-state index in [0.29, 0.717) is 6.04 Å². The quantitative estimate of drug-likeness (QED) is 0.643. The second-order valence-electron chi connectivity index (χ2n) is 2.95. The molecule has 1 rings (SSSR count). The summed E-state index contributed by atoms with van der Waals surface area (Å²) in [6.45, 7) is 4.44. The van der Waals surface area contributed by atoms with Gasteiger partial charge in [0.1, 0.15) is 0 Å². The molecule has 0 radical (unpaired) electrons. The fourth-order valence-electron chi connectivity index (χ4n) is 0.804. The van der Waals surface area contributed by atoms with Crippen molar-refractivity contribution >= 4 is 10.8 Å². The highest BCUT2D eigenvalue weighted by molar-refractivity contribution is 7.84. The Morgan fingerprint density at radius 1 is 1.73 bits per heavy atom. The normalized spacial score (nSPS) is 24.2. The Morgan fingerprint density at radius 3 is 2.73 bits per heavy atom. The molecular formula is C7H15NO2S. The molecule has 4 heteroatoms. The number of rotatable bonds is 4. The summed E-state index contributed by atoms with van der Waals surface area (Å²) in [7, 11) is -0.708. The SMILES string of the molecule is CC(CNC1COC1)S(C)=O. The van der Waals surface area contributed by atoms with Crippen LogP contribution in [0.1, 0.15) is 6.92 Å². The van der Waals surface area contributed by atoms with Crippen LogP contribution in [0.5, 0.6) is 0 Å². The maximum absolute atomic E-state index is 10.9. The molecule has 3 nitrogen and oxygen atoms in total. The fraction of sp³-hybridized carbons (Fsp3) is 1.00. The van der Waals surface area contributed by atoms with Crippen LogP contribution in [-0.4, -0.2) is 41.5 Å². The van der Waals surface area contributed by atoms with Gasteiger partial charge in [-0.3, -0.25) is 4.21 Å². The van der Waals surface area contributed by atoms with Crippen LogP contribution in [0.25, 0.3) is 0 Å². The maximum atomic E-state index is 10.9. The zero-order valence-electron chi connectivity index (χ0n) is 7.00. The standard InChI is InChI=1S/C7H15NO2S/c1-6(11(2)9)3-8-7-4-10-5-7/h6-8H,3-5H2,1-2H3. The zero-order valence-corrected chi connectivity index (χ0v) is 7.82. The lowest BCUT2D eigenvalue weighted by Crippen LogP contribution is -2.48. The summed E-state index contributed by atoms with van der Waals surface area (Å²) in [6, 6.07) is 0.501. The van der Waals surface area contributed by atoms with Gasteiger partial charge in [0, 0.05) is 28.9 Å². The number of ether oxygens (including phenoxy) is 1. The average Bonchev–Trinajstić information content (AvgIpc) is 1.83. The highest BCUT2D eigenvalue weighted by Crippen LogP contribution is 2.00. The van der Waals surface area contributed by atoms with Crippen molar-refractivity contribution in [1.29, 1.82) is 0 Å². The van der Waals surface area contributed by atoms with E-state index in [4.69, 9.17) is 4.74 Å². The van der Waals surface area contributed by atoms with Gasteiger partial charge in [-0.2, -0.15) is 0 Å². The number of nitrogens with one attached hydrogen (secondary N) is 1. The smallest absolute Gasteiger partial charge is 0.0643 e. The Hall–Kier alpha value is 0.0700. The fourth-order valence-corrected chi connectivity index (χ4v) is 1.13. The van der Waals surface area contributed by atoms with Gasteiger partial charge in [0.05, 0.1) is 19.3 Å². The van der Waals surface area contributed by atoms with Crippen molar-refractivity contribution in [1.82, 2.24) is 5.32 Å². The van der Waals surface area contributed by atoms with E-state index in [0.717, 1.165) is 19.8 Å². The van der Waals surface area contributed by atoms with Crippen LogP contribution in [-0.2, 0) is 15.5 Å². The molecule has 2 atom stereocenters. The lowest BCUT2D eigenvalue weighted by molar-refractivity contribution is -0.00465. The van der Waals surface area contributed by atoms with Gasteiger partial charge in [-0.05, 0) is 6.92 Å². The number of hydrogen-bond donors (Lipinski definition) is 1. The van der Waals surface area contributed by atoms with Crippen molar-refractivity contribution in [2.45, 2.75) is 18.2 Å². The molecule has 0 aromatic rings. The summed E-state index contributed by atoms with van der Waals surface area (Å²) in [5.74, 6) is 0. The van der Waals surface area contributed by atoms with Crippen LogP contribution >= 0.6 is 0 Å². The van der Waals surface area contributed by atoms with Gasteiger partial charge in [0.15, 0.2) is 0 Å². The van der Waals surface area contributed by atoms with Crippen LogP contribution in [0.15, 0.2) is 0 Å². The van der Waals surface area contributed by atoms with Gasteiger partial charge >= 0.3 is 0 Å². The van der Waals surface area contributed by atoms with Gasteiger partial charge in [-0.1, -0.05) is 0 Å². The van der Waals surface area contributed by atoms with Gasteiger partial charge in [0.25, 0.3) is 0 Å². The molecule has 0 aliphatic carbocycles. The highest BCUT2D eigenvalue weighted by atomic mass is 32.2. The van der Waals surface area contributed by atoms with E-state index in [1.807, 2.05) is 6.92 Å². The molecule has 0 bridgehead atoms. The Kier molecular flexibility index (Phi) is 3.48. The molecule has 2 unspecified atom stereocenters. The van der Waals surface area contributed by atoms with Crippen LogP contribution in [0.3, 0.4) is 0 Å². The Bertz CT molecular complexity index is 147. The summed E-state index contributed by atoms with van der Waals surface area (Å²) in [4.78, 5) is 0. The van der Waals surface area contributed by atoms with Crippen molar-refractivity contribution in [2.24, 2.45) is 0 Å². The molecule has 1 heterocycles. The first kappa shape index (κ1) is 9.16. The molecule has 0 aromatic carbocycles. The molecule has 1 N–H and O–H groups in total. The Morgan fingerprint density at radius 2 is 2.36 bits per heavy atom. The predicted molar refractivity (Wildman–Crippen MR) is 46.1 cm³/mol. The lowest BCUT2D eigenvalue weighted by Gasteiger charge is -2.27. The molecule has 11 heavy (non-hydrogen) atoms. The minimum Gasteiger partial charge on any atom is -0.378 e. The van der Waals surface area contributed by atoms with Crippen molar-refractivity contribution in [3.8, 4) is 0 Å². The van der Waals surface area contributed by atoms with E-state index in [1.54, 1.807) is 6.26 Å². The first-order valence-corrected chi connectivity index (χ1v) is 5.45. The summed E-state index contributed by atoms with van der Waals surface area (Å²) in [5.41, 5.74) is 0. The molecule has 1 fully saturated rings. The Balaban J connectivity index is 2.05. The van der Waals surface area contributed by atoms with Gasteiger partial charge in [-0.15, -0.1) is 0 Å². The van der Waals surface area contributed by atoms with E-state index in [2.05, 4.69) is 5.32 Å². The summed E-state index contributed by atoms with van der Waals surface area (Å²) < 4.78 is 15.9. The van der Waals surface area contributed by atoms with E-state index < -0.39 is 10.8 Å². The molecule has 0 aromatic heterocycles. The molecule has 0 spiro atoms. The third-order valence-corrected chi connectivity index (χ3v) is 3.20. The molecule has 66 valence electrons. The third-order valence-electron chi connectivity index (χ3n) is 1.90. The van der Waals surface area contributed by atoms with Crippen LogP contribution in [0.4, 0.5) is 0 Å². The minimum atomic E-state index is -0.708. The monoisotopic (exact) mass is 177 g/mol. The second-order valence-corrected chi connectivity index (χ2v) is 4.75. The zero-order chi connectivity index (χ0) is 8.27. The van der Waals surface area contributed by atoms with E-state index in [1.165, 1.54) is 0 Å². The van der Waals surface area contributed by atoms with Crippen molar-refractivity contribution < 1.29 is 8.95 Å². The molecule has 1 saturated heterocycles. The van der Waals surface area contributed by atoms with Crippen LogP contribution in [0, 0.1) is 0 Å². The first-order chi connectivity index (χ1) is 5.20. The van der Waals surface area contributed by atoms with Crippen LogP contribution < -0.4 is 5.32 Å². The summed E-state index contributed by atoms with van der Waals surface area (Å²) in [5, 5.41) is 3.53. The molecule has 1 aliphatic rings.